The summed E-state index contributed by atoms with van der Waals surface area (Å²) >= 11 is -0.649. The molecule has 0 saturated heterocycles. The zero-order valence-corrected chi connectivity index (χ0v) is 8.30. The average Bonchev–Trinajstić information content (AvgIpc) is 1.82. The van der Waals surface area contributed by atoms with E-state index in [-0.39, 0.29) is 0 Å². The number of hydrogen-bond donors (Lipinski definition) is 1. The zero-order valence-electron chi connectivity index (χ0n) is 6.42. The van der Waals surface area contributed by atoms with Crippen molar-refractivity contribution in [2.45, 2.75) is 23.1 Å². The van der Waals surface area contributed by atoms with E-state index in [2.05, 4.69) is 18.0 Å². The van der Waals surface area contributed by atoms with Gasteiger partial charge in [-0.05, 0) is 0 Å². The third-order valence-corrected chi connectivity index (χ3v) is 3.51. The van der Waals surface area contributed by atoms with Gasteiger partial charge in [-0.15, -0.1) is 0 Å². The van der Waals surface area contributed by atoms with Crippen molar-refractivity contribution < 1.29 is 9.90 Å². The molecule has 0 aliphatic rings. The molecule has 0 aliphatic heterocycles. The molecule has 0 fully saturated rings. The van der Waals surface area contributed by atoms with Gasteiger partial charge in [0.15, 0.2) is 0 Å². The molecule has 0 rings (SSSR count). The predicted octanol–water partition coefficient (Wildman–Crippen LogP) is 1.77. The number of carboxylic acids is 1. The van der Waals surface area contributed by atoms with Crippen LogP contribution in [-0.4, -0.2) is 25.7 Å². The Morgan fingerprint density at radius 1 is 1.60 bits per heavy atom. The first-order valence-corrected chi connectivity index (χ1v) is 8.18. The van der Waals surface area contributed by atoms with E-state index >= 15 is 0 Å². The molecule has 0 aliphatic carbocycles. The van der Waals surface area contributed by atoms with Crippen molar-refractivity contribution in [2.75, 3.05) is 0 Å². The number of hydrogen-bond acceptors (Lipinski definition) is 1. The van der Waals surface area contributed by atoms with Gasteiger partial charge in [-0.1, -0.05) is 0 Å². The van der Waals surface area contributed by atoms with Crippen LogP contribution in [0, 0.1) is 0 Å². The molecular weight excluding hydrogens is 191 g/mol. The van der Waals surface area contributed by atoms with E-state index in [0.29, 0.717) is 12.0 Å². The quantitative estimate of drug-likeness (QED) is 0.559. The maximum absolute atomic E-state index is 10.2. The molecule has 0 unspecified atom stereocenters. The topological polar surface area (TPSA) is 37.3 Å². The van der Waals surface area contributed by atoms with Gasteiger partial charge in [-0.2, -0.15) is 0 Å². The molecule has 0 aromatic heterocycles. The van der Waals surface area contributed by atoms with Gasteiger partial charge in [-0.25, -0.2) is 0 Å². The Labute approximate surface area is 66.2 Å². The summed E-state index contributed by atoms with van der Waals surface area (Å²) in [5.41, 5.74) is 4.77. The first-order chi connectivity index (χ1) is 4.54. The zero-order chi connectivity index (χ0) is 8.15. The van der Waals surface area contributed by atoms with Crippen LogP contribution in [0.3, 0.4) is 0 Å². The molecule has 0 heterocycles. The summed E-state index contributed by atoms with van der Waals surface area (Å²) in [6.07, 6.45) is 0.669. The maximum atomic E-state index is 10.2. The fourth-order valence-corrected chi connectivity index (χ4v) is 1.97. The number of aliphatic carboxylic acids is 1. The third-order valence-electron chi connectivity index (χ3n) is 1.16. The molecule has 0 bridgehead atoms. The van der Waals surface area contributed by atoms with E-state index in [9.17, 15) is 4.79 Å². The molecule has 0 atom stereocenters. The first-order valence-electron chi connectivity index (χ1n) is 3.10. The Kier molecular flexibility index (Phi) is 4.46. The third kappa shape index (κ3) is 4.63. The van der Waals surface area contributed by atoms with Gasteiger partial charge >= 0.3 is 65.7 Å². The van der Waals surface area contributed by atoms with Gasteiger partial charge in [0.25, 0.3) is 0 Å². The second kappa shape index (κ2) is 4.56. The monoisotopic (exact) mass is 204 g/mol. The van der Waals surface area contributed by atoms with Crippen molar-refractivity contribution in [1.82, 2.24) is 0 Å². The Hall–Kier alpha value is -0.232. The summed E-state index contributed by atoms with van der Waals surface area (Å²) < 4.78 is 0. The number of carboxylic acid groups (broad SMARTS) is 1. The molecule has 0 aromatic carbocycles. The Balaban J connectivity index is 3.50. The van der Waals surface area contributed by atoms with Crippen molar-refractivity contribution in [1.29, 1.82) is 0 Å². The van der Waals surface area contributed by atoms with Gasteiger partial charge in [0.2, 0.25) is 0 Å². The van der Waals surface area contributed by atoms with E-state index in [4.69, 9.17) is 5.11 Å². The second-order valence-corrected chi connectivity index (χ2v) is 7.93. The summed E-state index contributed by atoms with van der Waals surface area (Å²) in [4.78, 5) is 10.2. The van der Waals surface area contributed by atoms with Gasteiger partial charge in [0.1, 0.15) is 0 Å². The summed E-state index contributed by atoms with van der Waals surface area (Å²) in [5, 5.41) is 9.47. The van der Waals surface area contributed by atoms with Gasteiger partial charge < -0.3 is 0 Å². The van der Waals surface area contributed by atoms with Crippen LogP contribution in [-0.2, 0) is 4.79 Å². The number of rotatable bonds is 4. The van der Waals surface area contributed by atoms with Crippen molar-refractivity contribution >= 4 is 20.6 Å². The Morgan fingerprint density at radius 2 is 2.10 bits per heavy atom. The number of carbonyl (C=O) groups is 1. The van der Waals surface area contributed by atoms with Crippen LogP contribution in [0.25, 0.3) is 0 Å². The molecular formula is C7H13AsO2. The van der Waals surface area contributed by atoms with E-state index in [1.54, 1.807) is 0 Å². The molecule has 10 heavy (non-hydrogen) atoms. The molecule has 1 N–H and O–H groups in total. The molecule has 0 amide bonds. The molecule has 0 aromatic rings. The SMILES string of the molecule is C=C(CC[As](C)C)C(=O)O. The van der Waals surface area contributed by atoms with Gasteiger partial charge in [0.05, 0.1) is 0 Å². The first kappa shape index (κ1) is 9.77. The van der Waals surface area contributed by atoms with Crippen molar-refractivity contribution in [2.24, 2.45) is 0 Å². The average molecular weight is 204 g/mol. The molecule has 0 spiro atoms. The summed E-state index contributed by atoms with van der Waals surface area (Å²) in [6.45, 7) is 3.45. The van der Waals surface area contributed by atoms with Gasteiger partial charge in [0, 0.05) is 0 Å². The fourth-order valence-electron chi connectivity index (χ4n) is 0.465. The summed E-state index contributed by atoms with van der Waals surface area (Å²) in [7, 11) is 0. The van der Waals surface area contributed by atoms with Crippen LogP contribution in [0.4, 0.5) is 0 Å². The van der Waals surface area contributed by atoms with E-state index < -0.39 is 20.6 Å². The summed E-state index contributed by atoms with van der Waals surface area (Å²) in [5.74, 6) is -0.851. The van der Waals surface area contributed by atoms with E-state index in [1.807, 2.05) is 0 Å². The van der Waals surface area contributed by atoms with E-state index in [1.165, 1.54) is 0 Å². The Morgan fingerprint density at radius 3 is 2.40 bits per heavy atom. The fraction of sp³-hybridized carbons (Fsp3) is 0.571. The van der Waals surface area contributed by atoms with Crippen LogP contribution in [0.15, 0.2) is 12.2 Å². The predicted molar refractivity (Wildman–Crippen MR) is 43.7 cm³/mol. The van der Waals surface area contributed by atoms with Crippen molar-refractivity contribution in [3.63, 3.8) is 0 Å². The Bertz CT molecular complexity index is 141. The van der Waals surface area contributed by atoms with Crippen LogP contribution >= 0.6 is 0 Å². The molecule has 58 valence electrons. The molecule has 0 saturated carbocycles. The molecule has 2 nitrogen and oxygen atoms in total. The van der Waals surface area contributed by atoms with Crippen molar-refractivity contribution in [3.8, 4) is 0 Å². The van der Waals surface area contributed by atoms with Crippen molar-refractivity contribution in [3.05, 3.63) is 12.2 Å². The van der Waals surface area contributed by atoms with Crippen LogP contribution < -0.4 is 0 Å². The molecule has 3 heteroatoms. The van der Waals surface area contributed by atoms with Gasteiger partial charge in [-0.3, -0.25) is 0 Å². The van der Waals surface area contributed by atoms with E-state index in [0.717, 1.165) is 5.21 Å². The summed E-state index contributed by atoms with van der Waals surface area (Å²) in [6, 6.07) is 0. The molecule has 0 radical (unpaired) electrons. The van der Waals surface area contributed by atoms with Crippen LogP contribution in [0.1, 0.15) is 6.42 Å². The van der Waals surface area contributed by atoms with Crippen LogP contribution in [0.5, 0.6) is 0 Å². The standard InChI is InChI=1S/C7H13AsO2/c1-6(7(9)10)4-5-8(2)3/h1,4-5H2,2-3H3,(H,9,10). The normalized spacial score (nSPS) is 9.90. The van der Waals surface area contributed by atoms with Crippen LogP contribution in [0.2, 0.25) is 16.6 Å². The minimum absolute atomic E-state index is 0.350. The second-order valence-electron chi connectivity index (χ2n) is 2.46. The minimum atomic E-state index is -0.851.